The van der Waals surface area contributed by atoms with Gasteiger partial charge in [-0.15, -0.1) is 0 Å². The number of carbonyl (C=O) groups is 1. The number of benzene rings is 1. The van der Waals surface area contributed by atoms with Gasteiger partial charge in [0.2, 0.25) is 0 Å². The minimum atomic E-state index is -4.80. The van der Waals surface area contributed by atoms with E-state index in [1.165, 1.54) is 0 Å². The number of nitrogens with one attached hydrogen (secondary N) is 1. The van der Waals surface area contributed by atoms with Crippen molar-refractivity contribution >= 4 is 5.91 Å². The molecule has 0 atom stereocenters. The Morgan fingerprint density at radius 2 is 1.80 bits per heavy atom. The van der Waals surface area contributed by atoms with Crippen LogP contribution in [-0.2, 0) is 6.18 Å². The number of amides is 1. The molecule has 0 aliphatic heterocycles. The third-order valence-corrected chi connectivity index (χ3v) is 3.47. The molecular weight excluding hydrogens is 274 g/mol. The van der Waals surface area contributed by atoms with E-state index in [1.54, 1.807) is 0 Å². The van der Waals surface area contributed by atoms with Gasteiger partial charge in [-0.2, -0.15) is 13.2 Å². The maximum absolute atomic E-state index is 13.1. The molecule has 0 saturated heterocycles. The first kappa shape index (κ1) is 14.8. The van der Waals surface area contributed by atoms with Crippen LogP contribution in [0.1, 0.15) is 48.0 Å². The molecule has 1 fully saturated rings. The van der Waals surface area contributed by atoms with Crippen LogP contribution < -0.4 is 5.32 Å². The first-order valence-electron chi connectivity index (χ1n) is 6.55. The fourth-order valence-electron chi connectivity index (χ4n) is 2.40. The van der Waals surface area contributed by atoms with Crippen molar-refractivity contribution in [3.05, 3.63) is 35.1 Å². The molecule has 110 valence electrons. The van der Waals surface area contributed by atoms with Crippen LogP contribution in [0.4, 0.5) is 17.6 Å². The number of halogens is 4. The lowest BCUT2D eigenvalue weighted by molar-refractivity contribution is -0.140. The second kappa shape index (κ2) is 5.81. The summed E-state index contributed by atoms with van der Waals surface area (Å²) in [4.78, 5) is 11.9. The highest BCUT2D eigenvalue weighted by atomic mass is 19.4. The number of hydrogen-bond donors (Lipinski definition) is 1. The van der Waals surface area contributed by atoms with E-state index in [4.69, 9.17) is 0 Å². The van der Waals surface area contributed by atoms with Crippen molar-refractivity contribution in [3.63, 3.8) is 0 Å². The van der Waals surface area contributed by atoms with Crippen molar-refractivity contribution in [3.8, 4) is 0 Å². The zero-order valence-corrected chi connectivity index (χ0v) is 10.8. The summed E-state index contributed by atoms with van der Waals surface area (Å²) in [6.07, 6.45) is -0.0190. The van der Waals surface area contributed by atoms with Gasteiger partial charge in [-0.05, 0) is 31.0 Å². The molecule has 1 N–H and O–H groups in total. The van der Waals surface area contributed by atoms with Crippen molar-refractivity contribution in [2.45, 2.75) is 44.3 Å². The summed E-state index contributed by atoms with van der Waals surface area (Å²) in [5.41, 5.74) is -1.57. The van der Waals surface area contributed by atoms with Crippen molar-refractivity contribution in [1.82, 2.24) is 5.32 Å². The zero-order valence-electron chi connectivity index (χ0n) is 10.8. The third-order valence-electron chi connectivity index (χ3n) is 3.47. The molecule has 0 spiro atoms. The maximum atomic E-state index is 13.1. The van der Waals surface area contributed by atoms with Gasteiger partial charge in [0.25, 0.3) is 5.91 Å². The van der Waals surface area contributed by atoms with Gasteiger partial charge in [-0.3, -0.25) is 4.79 Å². The molecule has 0 aromatic heterocycles. The minimum Gasteiger partial charge on any atom is -0.349 e. The Bertz CT molecular complexity index is 492. The molecule has 20 heavy (non-hydrogen) atoms. The van der Waals surface area contributed by atoms with E-state index in [2.05, 4.69) is 5.32 Å². The third kappa shape index (κ3) is 3.49. The molecule has 1 amide bonds. The van der Waals surface area contributed by atoms with E-state index in [1.807, 2.05) is 0 Å². The second-order valence-electron chi connectivity index (χ2n) is 5.00. The SMILES string of the molecule is O=C(NC1CCCCC1)c1ccc(F)c(C(F)(F)F)c1. The Balaban J connectivity index is 2.13. The Morgan fingerprint density at radius 1 is 1.15 bits per heavy atom. The first-order valence-corrected chi connectivity index (χ1v) is 6.55. The summed E-state index contributed by atoms with van der Waals surface area (Å²) in [6.45, 7) is 0. The molecule has 0 heterocycles. The lowest BCUT2D eigenvalue weighted by atomic mass is 9.95. The quantitative estimate of drug-likeness (QED) is 0.822. The number of hydrogen-bond acceptors (Lipinski definition) is 1. The molecule has 1 aromatic carbocycles. The minimum absolute atomic E-state index is 0.00404. The Labute approximate surface area is 114 Å². The Hall–Kier alpha value is -1.59. The van der Waals surface area contributed by atoms with Gasteiger partial charge in [0.1, 0.15) is 5.82 Å². The molecule has 1 aliphatic carbocycles. The maximum Gasteiger partial charge on any atom is 0.419 e. The monoisotopic (exact) mass is 289 g/mol. The fraction of sp³-hybridized carbons (Fsp3) is 0.500. The largest absolute Gasteiger partial charge is 0.419 e. The molecule has 2 nitrogen and oxygen atoms in total. The predicted molar refractivity (Wildman–Crippen MR) is 65.7 cm³/mol. The Kier molecular flexibility index (Phi) is 4.30. The van der Waals surface area contributed by atoms with Crippen LogP contribution in [0.25, 0.3) is 0 Å². The number of carbonyl (C=O) groups excluding carboxylic acids is 1. The van der Waals surface area contributed by atoms with Crippen LogP contribution in [0.5, 0.6) is 0 Å². The normalized spacial score (nSPS) is 17.0. The highest BCUT2D eigenvalue weighted by Crippen LogP contribution is 2.32. The van der Waals surface area contributed by atoms with Crippen molar-refractivity contribution in [2.24, 2.45) is 0 Å². The van der Waals surface area contributed by atoms with Gasteiger partial charge >= 0.3 is 6.18 Å². The van der Waals surface area contributed by atoms with Crippen molar-refractivity contribution < 1.29 is 22.4 Å². The summed E-state index contributed by atoms with van der Waals surface area (Å²) in [5, 5.41) is 2.70. The predicted octanol–water partition coefficient (Wildman–Crippen LogP) is 3.91. The van der Waals surface area contributed by atoms with E-state index in [0.29, 0.717) is 12.1 Å². The van der Waals surface area contributed by atoms with E-state index in [-0.39, 0.29) is 11.6 Å². The number of alkyl halides is 3. The van der Waals surface area contributed by atoms with E-state index in [9.17, 15) is 22.4 Å². The fourth-order valence-corrected chi connectivity index (χ4v) is 2.40. The molecular formula is C14H15F4NO. The van der Waals surface area contributed by atoms with Gasteiger partial charge in [0.15, 0.2) is 0 Å². The molecule has 0 unspecified atom stereocenters. The van der Waals surface area contributed by atoms with Crippen LogP contribution in [0.3, 0.4) is 0 Å². The lowest BCUT2D eigenvalue weighted by Crippen LogP contribution is -2.36. The van der Waals surface area contributed by atoms with Crippen LogP contribution >= 0.6 is 0 Å². The summed E-state index contributed by atoms with van der Waals surface area (Å²) in [7, 11) is 0. The zero-order chi connectivity index (χ0) is 14.8. The topological polar surface area (TPSA) is 29.1 Å². The highest BCUT2D eigenvalue weighted by Gasteiger charge is 2.34. The van der Waals surface area contributed by atoms with Gasteiger partial charge in [0, 0.05) is 11.6 Å². The Morgan fingerprint density at radius 3 is 2.40 bits per heavy atom. The molecule has 1 aliphatic rings. The number of rotatable bonds is 2. The van der Waals surface area contributed by atoms with Gasteiger partial charge < -0.3 is 5.32 Å². The van der Waals surface area contributed by atoms with Crippen LogP contribution in [0, 0.1) is 5.82 Å². The lowest BCUT2D eigenvalue weighted by Gasteiger charge is -2.23. The van der Waals surface area contributed by atoms with Gasteiger partial charge in [-0.25, -0.2) is 4.39 Å². The average molecular weight is 289 g/mol. The summed E-state index contributed by atoms with van der Waals surface area (Å²) >= 11 is 0. The molecule has 1 saturated carbocycles. The van der Waals surface area contributed by atoms with Gasteiger partial charge in [0.05, 0.1) is 5.56 Å². The molecule has 1 aromatic rings. The second-order valence-corrected chi connectivity index (χ2v) is 5.00. The average Bonchev–Trinajstić information content (AvgIpc) is 2.39. The van der Waals surface area contributed by atoms with Crippen LogP contribution in [0.15, 0.2) is 18.2 Å². The van der Waals surface area contributed by atoms with E-state index >= 15 is 0 Å². The smallest absolute Gasteiger partial charge is 0.349 e. The molecule has 2 rings (SSSR count). The summed E-state index contributed by atoms with van der Waals surface area (Å²) < 4.78 is 50.9. The standard InChI is InChI=1S/C14H15F4NO/c15-12-7-6-9(8-11(12)14(16,17)18)13(20)19-10-4-2-1-3-5-10/h6-8,10H,1-5H2,(H,19,20). The summed E-state index contributed by atoms with van der Waals surface area (Å²) in [5.74, 6) is -1.95. The van der Waals surface area contributed by atoms with E-state index < -0.39 is 23.5 Å². The summed E-state index contributed by atoms with van der Waals surface area (Å²) in [6, 6.07) is 2.31. The highest BCUT2D eigenvalue weighted by molar-refractivity contribution is 5.94. The van der Waals surface area contributed by atoms with Crippen molar-refractivity contribution in [1.29, 1.82) is 0 Å². The molecule has 0 bridgehead atoms. The molecule has 0 radical (unpaired) electrons. The first-order chi connectivity index (χ1) is 9.38. The van der Waals surface area contributed by atoms with E-state index in [0.717, 1.165) is 38.2 Å². The van der Waals surface area contributed by atoms with Crippen molar-refractivity contribution in [2.75, 3.05) is 0 Å². The van der Waals surface area contributed by atoms with Crippen LogP contribution in [-0.4, -0.2) is 11.9 Å². The molecule has 6 heteroatoms. The van der Waals surface area contributed by atoms with Crippen LogP contribution in [0.2, 0.25) is 0 Å². The van der Waals surface area contributed by atoms with Gasteiger partial charge in [-0.1, -0.05) is 19.3 Å².